The van der Waals surface area contributed by atoms with Gasteiger partial charge in [-0.3, -0.25) is 4.68 Å². The molecule has 1 saturated carbocycles. The van der Waals surface area contributed by atoms with Gasteiger partial charge in [-0.25, -0.2) is 4.79 Å². The Morgan fingerprint density at radius 1 is 1.62 bits per heavy atom. The lowest BCUT2D eigenvalue weighted by Crippen LogP contribution is -2.42. The third-order valence-corrected chi connectivity index (χ3v) is 3.75. The molecule has 0 bridgehead atoms. The number of carbonyl (C=O) groups is 1. The minimum Gasteiger partial charge on any atom is -0.467 e. The molecule has 1 fully saturated rings. The predicted molar refractivity (Wildman–Crippen MR) is 77.4 cm³/mol. The van der Waals surface area contributed by atoms with E-state index in [2.05, 4.69) is 10.4 Å². The lowest BCUT2D eigenvalue weighted by atomic mass is 10.2. The number of aryl methyl sites for hydroxylation is 1. The molecule has 1 aliphatic rings. The van der Waals surface area contributed by atoms with Crippen LogP contribution in [0.4, 0.5) is 4.79 Å². The molecular formula is C15H20N4O2. The van der Waals surface area contributed by atoms with E-state index in [-0.39, 0.29) is 12.1 Å². The van der Waals surface area contributed by atoms with Gasteiger partial charge >= 0.3 is 6.03 Å². The maximum atomic E-state index is 12.5. The summed E-state index contributed by atoms with van der Waals surface area (Å²) in [6.07, 6.45) is 7.43. The van der Waals surface area contributed by atoms with Crippen LogP contribution in [-0.2, 0) is 13.6 Å². The molecule has 0 saturated heterocycles. The molecule has 2 aromatic rings. The van der Waals surface area contributed by atoms with Gasteiger partial charge in [0.25, 0.3) is 0 Å². The molecule has 112 valence electrons. The number of rotatable bonds is 5. The molecular weight excluding hydrogens is 268 g/mol. The largest absolute Gasteiger partial charge is 0.467 e. The summed E-state index contributed by atoms with van der Waals surface area (Å²) in [5.41, 5.74) is 0.993. The van der Waals surface area contributed by atoms with Crippen LogP contribution in [-0.4, -0.2) is 26.8 Å². The second-order valence-corrected chi connectivity index (χ2v) is 5.51. The molecule has 2 heterocycles. The van der Waals surface area contributed by atoms with Gasteiger partial charge in [0.15, 0.2) is 0 Å². The molecule has 6 heteroatoms. The molecule has 21 heavy (non-hydrogen) atoms. The van der Waals surface area contributed by atoms with Gasteiger partial charge in [-0.15, -0.1) is 0 Å². The lowest BCUT2D eigenvalue weighted by molar-refractivity contribution is 0.166. The molecule has 0 unspecified atom stereocenters. The first-order valence-electron chi connectivity index (χ1n) is 7.22. The van der Waals surface area contributed by atoms with Crippen molar-refractivity contribution in [1.82, 2.24) is 20.0 Å². The summed E-state index contributed by atoms with van der Waals surface area (Å²) in [6.45, 7) is 2.49. The molecule has 0 radical (unpaired) electrons. The van der Waals surface area contributed by atoms with Crippen LogP contribution in [0.1, 0.15) is 37.1 Å². The molecule has 1 atom stereocenters. The Morgan fingerprint density at radius 3 is 3.00 bits per heavy atom. The van der Waals surface area contributed by atoms with Crippen molar-refractivity contribution in [2.45, 2.75) is 38.4 Å². The van der Waals surface area contributed by atoms with Gasteiger partial charge in [0.1, 0.15) is 5.76 Å². The average Bonchev–Trinajstić information content (AvgIpc) is 2.99. The zero-order valence-corrected chi connectivity index (χ0v) is 12.3. The van der Waals surface area contributed by atoms with Crippen molar-refractivity contribution in [3.63, 3.8) is 0 Å². The maximum absolute atomic E-state index is 12.5. The highest BCUT2D eigenvalue weighted by Gasteiger charge is 2.37. The van der Waals surface area contributed by atoms with Gasteiger partial charge in [0.05, 0.1) is 18.5 Å². The summed E-state index contributed by atoms with van der Waals surface area (Å²) < 4.78 is 7.16. The number of amides is 2. The van der Waals surface area contributed by atoms with Crippen molar-refractivity contribution in [2.24, 2.45) is 7.05 Å². The highest BCUT2D eigenvalue weighted by atomic mass is 16.3. The predicted octanol–water partition coefficient (Wildman–Crippen LogP) is 2.45. The first-order chi connectivity index (χ1) is 10.1. The van der Waals surface area contributed by atoms with E-state index < -0.39 is 0 Å². The third kappa shape index (κ3) is 3.09. The summed E-state index contributed by atoms with van der Waals surface area (Å²) >= 11 is 0. The van der Waals surface area contributed by atoms with Crippen LogP contribution in [0.25, 0.3) is 0 Å². The van der Waals surface area contributed by atoms with E-state index in [1.165, 1.54) is 0 Å². The van der Waals surface area contributed by atoms with Crippen molar-refractivity contribution < 1.29 is 9.21 Å². The highest BCUT2D eigenvalue weighted by Crippen LogP contribution is 2.34. The summed E-state index contributed by atoms with van der Waals surface area (Å²) in [7, 11) is 1.86. The number of carbonyl (C=O) groups excluding carboxylic acids is 1. The summed E-state index contributed by atoms with van der Waals surface area (Å²) in [5.74, 6) is 0.818. The molecule has 2 aromatic heterocycles. The van der Waals surface area contributed by atoms with E-state index in [1.54, 1.807) is 17.1 Å². The topological polar surface area (TPSA) is 63.3 Å². The summed E-state index contributed by atoms with van der Waals surface area (Å²) in [5, 5.41) is 7.07. The number of aromatic nitrogens is 2. The zero-order chi connectivity index (χ0) is 14.8. The second kappa shape index (κ2) is 5.63. The van der Waals surface area contributed by atoms with E-state index >= 15 is 0 Å². The molecule has 1 aliphatic carbocycles. The number of nitrogens with one attached hydrogen (secondary N) is 1. The first kappa shape index (κ1) is 13.7. The number of urea groups is 1. The van der Waals surface area contributed by atoms with E-state index in [0.717, 1.165) is 24.2 Å². The fourth-order valence-electron chi connectivity index (χ4n) is 2.51. The Kier molecular flexibility index (Phi) is 3.68. The van der Waals surface area contributed by atoms with Crippen molar-refractivity contribution in [2.75, 3.05) is 0 Å². The Morgan fingerprint density at radius 2 is 2.43 bits per heavy atom. The Labute approximate surface area is 123 Å². The Balaban J connectivity index is 1.65. The SMILES string of the molecule is C[C@H](c1ccco1)N(C(=O)NCc1cnn(C)c1)C1CC1. The second-order valence-electron chi connectivity index (χ2n) is 5.51. The van der Waals surface area contributed by atoms with Gasteiger partial charge in [-0.05, 0) is 31.9 Å². The van der Waals surface area contributed by atoms with Crippen molar-refractivity contribution in [1.29, 1.82) is 0 Å². The molecule has 0 aliphatic heterocycles. The van der Waals surface area contributed by atoms with Gasteiger partial charge < -0.3 is 14.6 Å². The smallest absolute Gasteiger partial charge is 0.318 e. The van der Waals surface area contributed by atoms with E-state index in [0.29, 0.717) is 12.6 Å². The average molecular weight is 288 g/mol. The van der Waals surface area contributed by atoms with Gasteiger partial charge in [0.2, 0.25) is 0 Å². The fourth-order valence-corrected chi connectivity index (χ4v) is 2.51. The minimum atomic E-state index is -0.0543. The van der Waals surface area contributed by atoms with E-state index in [9.17, 15) is 4.79 Å². The normalized spacial score (nSPS) is 15.7. The quantitative estimate of drug-likeness (QED) is 0.919. The van der Waals surface area contributed by atoms with Crippen molar-refractivity contribution in [3.05, 3.63) is 42.1 Å². The minimum absolute atomic E-state index is 0.0507. The molecule has 6 nitrogen and oxygen atoms in total. The molecule has 3 rings (SSSR count). The van der Waals surface area contributed by atoms with Crippen LogP contribution in [0.5, 0.6) is 0 Å². The standard InChI is InChI=1S/C15H20N4O2/c1-11(14-4-3-7-21-14)19(13-5-6-13)15(20)16-8-12-9-17-18(2)10-12/h3-4,7,9-11,13H,5-6,8H2,1-2H3,(H,16,20)/t11-/m1/s1. The van der Waals surface area contributed by atoms with E-state index in [4.69, 9.17) is 4.42 Å². The summed E-state index contributed by atoms with van der Waals surface area (Å²) in [6, 6.07) is 3.98. The number of nitrogens with zero attached hydrogens (tertiary/aromatic N) is 3. The van der Waals surface area contributed by atoms with Gasteiger partial charge in [-0.2, -0.15) is 5.10 Å². The molecule has 1 N–H and O–H groups in total. The highest BCUT2D eigenvalue weighted by molar-refractivity contribution is 5.75. The van der Waals surface area contributed by atoms with Crippen molar-refractivity contribution >= 4 is 6.03 Å². The Bertz CT molecular complexity index is 601. The Hall–Kier alpha value is -2.24. The number of furan rings is 1. The fraction of sp³-hybridized carbons (Fsp3) is 0.467. The van der Waals surface area contributed by atoms with Crippen molar-refractivity contribution in [3.8, 4) is 0 Å². The maximum Gasteiger partial charge on any atom is 0.318 e. The molecule has 0 spiro atoms. The van der Waals surface area contributed by atoms with Crippen LogP contribution >= 0.6 is 0 Å². The number of hydrogen-bond donors (Lipinski definition) is 1. The first-order valence-corrected chi connectivity index (χ1v) is 7.22. The molecule has 0 aromatic carbocycles. The van der Waals surface area contributed by atoms with Gasteiger partial charge in [0, 0.05) is 31.4 Å². The van der Waals surface area contributed by atoms with E-state index in [1.807, 2.05) is 37.2 Å². The van der Waals surface area contributed by atoms with Crippen LogP contribution in [0.2, 0.25) is 0 Å². The van der Waals surface area contributed by atoms with Crippen LogP contribution in [0.3, 0.4) is 0 Å². The monoisotopic (exact) mass is 288 g/mol. The third-order valence-electron chi connectivity index (χ3n) is 3.75. The summed E-state index contributed by atoms with van der Waals surface area (Å²) in [4.78, 5) is 14.4. The number of hydrogen-bond acceptors (Lipinski definition) is 3. The lowest BCUT2D eigenvalue weighted by Gasteiger charge is -2.28. The zero-order valence-electron chi connectivity index (χ0n) is 12.3. The van der Waals surface area contributed by atoms with Crippen LogP contribution in [0, 0.1) is 0 Å². The molecule has 2 amide bonds. The van der Waals surface area contributed by atoms with Crippen LogP contribution in [0.15, 0.2) is 35.2 Å². The van der Waals surface area contributed by atoms with Gasteiger partial charge in [-0.1, -0.05) is 0 Å². The van der Waals surface area contributed by atoms with Crippen LogP contribution < -0.4 is 5.32 Å².